The van der Waals surface area contributed by atoms with E-state index in [2.05, 4.69) is 17.3 Å². The zero-order valence-electron chi connectivity index (χ0n) is 12.4. The van der Waals surface area contributed by atoms with Crippen LogP contribution in [0.3, 0.4) is 0 Å². The summed E-state index contributed by atoms with van der Waals surface area (Å²) in [6, 6.07) is 0. The van der Waals surface area contributed by atoms with Crippen molar-refractivity contribution in [3.05, 3.63) is 0 Å². The van der Waals surface area contributed by atoms with E-state index in [1.54, 1.807) is 0 Å². The van der Waals surface area contributed by atoms with Gasteiger partial charge in [0.1, 0.15) is 0 Å². The number of nitrogens with zero attached hydrogens (tertiary/aromatic N) is 2. The van der Waals surface area contributed by atoms with Crippen molar-refractivity contribution in [2.75, 3.05) is 46.3 Å². The molecule has 4 heteroatoms. The highest BCUT2D eigenvalue weighted by molar-refractivity contribution is 5.76. The highest BCUT2D eigenvalue weighted by Gasteiger charge is 2.18. The molecule has 2 rings (SSSR count). The molecular formula is C15H29N3O. The lowest BCUT2D eigenvalue weighted by atomic mass is 9.98. The monoisotopic (exact) mass is 267 g/mol. The summed E-state index contributed by atoms with van der Waals surface area (Å²) in [7, 11) is 2.20. The number of nitrogens with one attached hydrogen (secondary N) is 1. The van der Waals surface area contributed by atoms with Gasteiger partial charge in [0.15, 0.2) is 0 Å². The predicted octanol–water partition coefficient (Wildman–Crippen LogP) is 1.32. The normalized spacial score (nSPS) is 25.5. The molecule has 1 atom stereocenters. The number of hydrogen-bond acceptors (Lipinski definition) is 3. The van der Waals surface area contributed by atoms with E-state index in [0.717, 1.165) is 32.1 Å². The van der Waals surface area contributed by atoms with Crippen LogP contribution >= 0.6 is 0 Å². The van der Waals surface area contributed by atoms with E-state index in [0.29, 0.717) is 12.3 Å². The first kappa shape index (κ1) is 14.8. The molecule has 2 aliphatic rings. The summed E-state index contributed by atoms with van der Waals surface area (Å²) in [5.74, 6) is 1.11. The maximum absolute atomic E-state index is 12.0. The average Bonchev–Trinajstić information content (AvgIpc) is 2.44. The highest BCUT2D eigenvalue weighted by Crippen LogP contribution is 2.14. The van der Waals surface area contributed by atoms with Crippen molar-refractivity contribution in [3.8, 4) is 0 Å². The third-order valence-electron chi connectivity index (χ3n) is 4.38. The summed E-state index contributed by atoms with van der Waals surface area (Å²) in [6.45, 7) is 6.31. The largest absolute Gasteiger partial charge is 0.343 e. The second kappa shape index (κ2) is 7.85. The van der Waals surface area contributed by atoms with E-state index in [-0.39, 0.29) is 0 Å². The van der Waals surface area contributed by atoms with Crippen LogP contribution in [0.4, 0.5) is 0 Å². The number of piperidine rings is 2. The number of rotatable bonds is 5. The molecule has 1 N–H and O–H groups in total. The fourth-order valence-corrected chi connectivity index (χ4v) is 3.24. The van der Waals surface area contributed by atoms with Gasteiger partial charge in [0.05, 0.1) is 0 Å². The summed E-state index contributed by atoms with van der Waals surface area (Å²) in [5.41, 5.74) is 0. The fraction of sp³-hybridized carbons (Fsp3) is 0.933. The summed E-state index contributed by atoms with van der Waals surface area (Å²) in [6.07, 6.45) is 6.98. The van der Waals surface area contributed by atoms with Gasteiger partial charge in [0.25, 0.3) is 0 Å². The molecule has 2 fully saturated rings. The second-order valence-corrected chi connectivity index (χ2v) is 6.17. The Hall–Kier alpha value is -0.610. The van der Waals surface area contributed by atoms with Gasteiger partial charge in [-0.15, -0.1) is 0 Å². The summed E-state index contributed by atoms with van der Waals surface area (Å²) in [5, 5.41) is 3.47. The minimum Gasteiger partial charge on any atom is -0.343 e. The minimum atomic E-state index is 0.341. The number of hydrogen-bond donors (Lipinski definition) is 1. The predicted molar refractivity (Wildman–Crippen MR) is 78.1 cm³/mol. The lowest BCUT2D eigenvalue weighted by molar-refractivity contribution is -0.131. The second-order valence-electron chi connectivity index (χ2n) is 6.17. The SMILES string of the molecule is CN1CCCC(CNCCC(=O)N2CCCCC2)C1. The van der Waals surface area contributed by atoms with Crippen LogP contribution < -0.4 is 5.32 Å². The molecule has 0 aromatic carbocycles. The number of carbonyl (C=O) groups is 1. The first-order valence-corrected chi connectivity index (χ1v) is 7.93. The van der Waals surface area contributed by atoms with Crippen molar-refractivity contribution in [2.45, 2.75) is 38.5 Å². The average molecular weight is 267 g/mol. The van der Waals surface area contributed by atoms with Crippen LogP contribution in [-0.2, 0) is 4.79 Å². The molecule has 0 aliphatic carbocycles. The molecular weight excluding hydrogens is 238 g/mol. The van der Waals surface area contributed by atoms with Gasteiger partial charge in [-0.25, -0.2) is 0 Å². The van der Waals surface area contributed by atoms with Crippen LogP contribution in [0.25, 0.3) is 0 Å². The van der Waals surface area contributed by atoms with Crippen LogP contribution in [0.2, 0.25) is 0 Å². The molecule has 0 aromatic heterocycles. The van der Waals surface area contributed by atoms with Crippen molar-refractivity contribution in [1.29, 1.82) is 0 Å². The Morgan fingerprint density at radius 1 is 1.16 bits per heavy atom. The van der Waals surface area contributed by atoms with E-state index < -0.39 is 0 Å². The molecule has 1 unspecified atom stereocenters. The van der Waals surface area contributed by atoms with Gasteiger partial charge in [0.2, 0.25) is 5.91 Å². The lowest BCUT2D eigenvalue weighted by Crippen LogP contribution is -2.39. The Labute approximate surface area is 117 Å². The smallest absolute Gasteiger partial charge is 0.223 e. The Bertz CT molecular complexity index is 277. The van der Waals surface area contributed by atoms with Gasteiger partial charge in [-0.1, -0.05) is 0 Å². The first-order chi connectivity index (χ1) is 9.25. The van der Waals surface area contributed by atoms with Gasteiger partial charge in [0, 0.05) is 32.6 Å². The zero-order valence-corrected chi connectivity index (χ0v) is 12.4. The molecule has 0 aromatic rings. The van der Waals surface area contributed by atoms with E-state index in [9.17, 15) is 4.79 Å². The van der Waals surface area contributed by atoms with Crippen LogP contribution in [-0.4, -0.2) is 62.0 Å². The topological polar surface area (TPSA) is 35.6 Å². The van der Waals surface area contributed by atoms with E-state index >= 15 is 0 Å². The molecule has 110 valence electrons. The van der Waals surface area contributed by atoms with Crippen LogP contribution in [0.15, 0.2) is 0 Å². The minimum absolute atomic E-state index is 0.341. The Balaban J connectivity index is 1.54. The summed E-state index contributed by atoms with van der Waals surface area (Å²) < 4.78 is 0. The lowest BCUT2D eigenvalue weighted by Gasteiger charge is -2.30. The Morgan fingerprint density at radius 2 is 1.95 bits per heavy atom. The molecule has 0 spiro atoms. The standard InChI is InChI=1S/C15H29N3O/c1-17-9-5-6-14(13-17)12-16-8-7-15(19)18-10-3-2-4-11-18/h14,16H,2-13H2,1H3. The third-order valence-corrected chi connectivity index (χ3v) is 4.38. The fourth-order valence-electron chi connectivity index (χ4n) is 3.24. The molecule has 2 heterocycles. The van der Waals surface area contributed by atoms with Crippen LogP contribution in [0, 0.1) is 5.92 Å². The van der Waals surface area contributed by atoms with Gasteiger partial charge < -0.3 is 15.1 Å². The Morgan fingerprint density at radius 3 is 2.68 bits per heavy atom. The molecule has 2 aliphatic heterocycles. The molecule has 0 saturated carbocycles. The van der Waals surface area contributed by atoms with Crippen molar-refractivity contribution < 1.29 is 4.79 Å². The quantitative estimate of drug-likeness (QED) is 0.763. The van der Waals surface area contributed by atoms with Crippen LogP contribution in [0.5, 0.6) is 0 Å². The van der Waals surface area contributed by atoms with E-state index in [1.807, 2.05) is 4.90 Å². The molecule has 1 amide bonds. The van der Waals surface area contributed by atoms with Crippen LogP contribution in [0.1, 0.15) is 38.5 Å². The van der Waals surface area contributed by atoms with Crippen molar-refractivity contribution in [2.24, 2.45) is 5.92 Å². The van der Waals surface area contributed by atoms with E-state index in [1.165, 1.54) is 45.2 Å². The van der Waals surface area contributed by atoms with Crippen molar-refractivity contribution in [1.82, 2.24) is 15.1 Å². The third kappa shape index (κ3) is 5.11. The molecule has 19 heavy (non-hydrogen) atoms. The van der Waals surface area contributed by atoms with E-state index in [4.69, 9.17) is 0 Å². The zero-order chi connectivity index (χ0) is 13.5. The maximum atomic E-state index is 12.0. The number of carbonyl (C=O) groups excluding carboxylic acids is 1. The highest BCUT2D eigenvalue weighted by atomic mass is 16.2. The van der Waals surface area contributed by atoms with Crippen molar-refractivity contribution in [3.63, 3.8) is 0 Å². The molecule has 2 saturated heterocycles. The van der Waals surface area contributed by atoms with Crippen molar-refractivity contribution >= 4 is 5.91 Å². The van der Waals surface area contributed by atoms with Gasteiger partial charge in [-0.05, 0) is 58.2 Å². The Kier molecular flexibility index (Phi) is 6.11. The van der Waals surface area contributed by atoms with Gasteiger partial charge in [-0.2, -0.15) is 0 Å². The maximum Gasteiger partial charge on any atom is 0.223 e. The molecule has 4 nitrogen and oxygen atoms in total. The van der Waals surface area contributed by atoms with Gasteiger partial charge >= 0.3 is 0 Å². The number of amides is 1. The molecule has 0 bridgehead atoms. The molecule has 0 radical (unpaired) electrons. The summed E-state index contributed by atoms with van der Waals surface area (Å²) >= 11 is 0. The first-order valence-electron chi connectivity index (χ1n) is 7.93. The number of likely N-dealkylation sites (tertiary alicyclic amines) is 2. The van der Waals surface area contributed by atoms with Gasteiger partial charge in [-0.3, -0.25) is 4.79 Å². The summed E-state index contributed by atoms with van der Waals surface area (Å²) in [4.78, 5) is 16.4.